The molecule has 2 amide bonds. The van der Waals surface area contributed by atoms with Crippen molar-refractivity contribution in [3.63, 3.8) is 0 Å². The SMILES string of the molecule is CN(C[C@@H]1CN(C(=O)NC[C@@H]2CCCO2)CCO1)c1nccn(C)c1=O. The van der Waals surface area contributed by atoms with Gasteiger partial charge >= 0.3 is 6.03 Å². The summed E-state index contributed by atoms with van der Waals surface area (Å²) in [6.07, 6.45) is 5.22. The summed E-state index contributed by atoms with van der Waals surface area (Å²) in [5.41, 5.74) is -0.156. The summed E-state index contributed by atoms with van der Waals surface area (Å²) in [7, 11) is 3.50. The average molecular weight is 365 g/mol. The number of urea groups is 1. The van der Waals surface area contributed by atoms with Crippen LogP contribution in [0.25, 0.3) is 0 Å². The fraction of sp³-hybridized carbons (Fsp3) is 0.706. The summed E-state index contributed by atoms with van der Waals surface area (Å²) in [4.78, 5) is 32.2. The number of rotatable bonds is 5. The standard InChI is InChI=1S/C17H27N5O4/c1-20-6-5-18-15(16(20)23)21(2)11-14-12-22(7-9-26-14)17(24)19-10-13-4-3-8-25-13/h5-6,13-14H,3-4,7-12H2,1-2H3,(H,19,24)/t13-,14+/m0/s1. The van der Waals surface area contributed by atoms with Gasteiger partial charge in [-0.1, -0.05) is 0 Å². The molecule has 0 bridgehead atoms. The summed E-state index contributed by atoms with van der Waals surface area (Å²) < 4.78 is 12.8. The summed E-state index contributed by atoms with van der Waals surface area (Å²) in [5.74, 6) is 0.374. The molecule has 2 aliphatic rings. The summed E-state index contributed by atoms with van der Waals surface area (Å²) >= 11 is 0. The van der Waals surface area contributed by atoms with E-state index in [-0.39, 0.29) is 23.8 Å². The molecule has 1 N–H and O–H groups in total. The molecule has 2 aliphatic heterocycles. The van der Waals surface area contributed by atoms with Crippen LogP contribution in [0.1, 0.15) is 12.8 Å². The Kier molecular flexibility index (Phi) is 6.10. The lowest BCUT2D eigenvalue weighted by molar-refractivity contribution is -0.00959. The quantitative estimate of drug-likeness (QED) is 0.778. The number of amides is 2. The molecule has 0 unspecified atom stereocenters. The fourth-order valence-electron chi connectivity index (χ4n) is 3.27. The van der Waals surface area contributed by atoms with Crippen LogP contribution in [0.4, 0.5) is 10.6 Å². The van der Waals surface area contributed by atoms with E-state index >= 15 is 0 Å². The lowest BCUT2D eigenvalue weighted by Crippen LogP contribution is -2.53. The number of nitrogens with zero attached hydrogens (tertiary/aromatic N) is 4. The van der Waals surface area contributed by atoms with Crippen molar-refractivity contribution < 1.29 is 14.3 Å². The van der Waals surface area contributed by atoms with Crippen molar-refractivity contribution in [2.24, 2.45) is 7.05 Å². The number of hydrogen-bond donors (Lipinski definition) is 1. The lowest BCUT2D eigenvalue weighted by atomic mass is 10.2. The van der Waals surface area contributed by atoms with Crippen LogP contribution in [0.2, 0.25) is 0 Å². The molecule has 3 rings (SSSR count). The molecule has 9 nitrogen and oxygen atoms in total. The van der Waals surface area contributed by atoms with E-state index in [1.807, 2.05) is 7.05 Å². The smallest absolute Gasteiger partial charge is 0.317 e. The first-order valence-corrected chi connectivity index (χ1v) is 9.03. The van der Waals surface area contributed by atoms with Gasteiger partial charge in [0, 0.05) is 52.7 Å². The second-order valence-electron chi connectivity index (χ2n) is 6.81. The zero-order valence-electron chi connectivity index (χ0n) is 15.4. The van der Waals surface area contributed by atoms with Crippen LogP contribution in [0.15, 0.2) is 17.2 Å². The molecule has 0 spiro atoms. The predicted molar refractivity (Wildman–Crippen MR) is 96.4 cm³/mol. The zero-order valence-corrected chi connectivity index (χ0v) is 15.4. The number of carbonyl (C=O) groups excluding carboxylic acids is 1. The molecule has 0 aromatic carbocycles. The van der Waals surface area contributed by atoms with Gasteiger partial charge in [0.15, 0.2) is 5.82 Å². The maximum atomic E-state index is 12.4. The molecule has 0 radical (unpaired) electrons. The van der Waals surface area contributed by atoms with Gasteiger partial charge in [0.05, 0.1) is 25.4 Å². The Bertz CT molecular complexity index is 673. The first-order valence-electron chi connectivity index (χ1n) is 9.03. The molecule has 3 heterocycles. The highest BCUT2D eigenvalue weighted by Gasteiger charge is 2.27. The van der Waals surface area contributed by atoms with E-state index in [0.29, 0.717) is 38.6 Å². The second-order valence-corrected chi connectivity index (χ2v) is 6.81. The number of aryl methyl sites for hydroxylation is 1. The Balaban J connectivity index is 1.51. The van der Waals surface area contributed by atoms with Crippen molar-refractivity contribution in [3.05, 3.63) is 22.7 Å². The number of anilines is 1. The van der Waals surface area contributed by atoms with Crippen molar-refractivity contribution in [2.75, 3.05) is 51.3 Å². The summed E-state index contributed by atoms with van der Waals surface area (Å²) in [5, 5.41) is 2.94. The van der Waals surface area contributed by atoms with E-state index in [4.69, 9.17) is 9.47 Å². The topological polar surface area (TPSA) is 88.9 Å². The molecule has 26 heavy (non-hydrogen) atoms. The van der Waals surface area contributed by atoms with Crippen LogP contribution >= 0.6 is 0 Å². The molecule has 2 fully saturated rings. The number of carbonyl (C=O) groups is 1. The Morgan fingerprint density at radius 3 is 2.96 bits per heavy atom. The molecule has 9 heteroatoms. The molecular formula is C17H27N5O4. The van der Waals surface area contributed by atoms with Crippen LogP contribution in [0.5, 0.6) is 0 Å². The summed E-state index contributed by atoms with van der Waals surface area (Å²) in [6, 6.07) is -0.0924. The van der Waals surface area contributed by atoms with Crippen LogP contribution in [0, 0.1) is 0 Å². The zero-order chi connectivity index (χ0) is 18.5. The minimum absolute atomic E-state index is 0.0924. The van der Waals surface area contributed by atoms with Crippen LogP contribution < -0.4 is 15.8 Å². The molecule has 1 aromatic rings. The van der Waals surface area contributed by atoms with Gasteiger partial charge in [0.25, 0.3) is 5.56 Å². The number of nitrogens with one attached hydrogen (secondary N) is 1. The Hall–Kier alpha value is -2.13. The van der Waals surface area contributed by atoms with Gasteiger partial charge in [0.1, 0.15) is 0 Å². The average Bonchev–Trinajstić information content (AvgIpc) is 3.15. The van der Waals surface area contributed by atoms with Crippen molar-refractivity contribution in [1.82, 2.24) is 19.8 Å². The molecule has 2 atom stereocenters. The minimum Gasteiger partial charge on any atom is -0.376 e. The maximum Gasteiger partial charge on any atom is 0.317 e. The Morgan fingerprint density at radius 1 is 1.38 bits per heavy atom. The van der Waals surface area contributed by atoms with Gasteiger partial charge in [-0.15, -0.1) is 0 Å². The van der Waals surface area contributed by atoms with Crippen molar-refractivity contribution in [2.45, 2.75) is 25.0 Å². The Labute approximate surface area is 152 Å². The normalized spacial score (nSPS) is 23.1. The monoisotopic (exact) mass is 365 g/mol. The van der Waals surface area contributed by atoms with E-state index in [2.05, 4.69) is 10.3 Å². The number of hydrogen-bond acceptors (Lipinski definition) is 6. The molecule has 1 aromatic heterocycles. The second kappa shape index (κ2) is 8.50. The third-order valence-corrected chi connectivity index (χ3v) is 4.77. The minimum atomic E-state index is -0.172. The number of morpholine rings is 1. The van der Waals surface area contributed by atoms with E-state index in [1.54, 1.807) is 29.2 Å². The van der Waals surface area contributed by atoms with E-state index in [0.717, 1.165) is 19.4 Å². The van der Waals surface area contributed by atoms with Crippen molar-refractivity contribution >= 4 is 11.8 Å². The molecule has 0 aliphatic carbocycles. The molecule has 0 saturated carbocycles. The van der Waals surface area contributed by atoms with Gasteiger partial charge in [-0.25, -0.2) is 9.78 Å². The number of ether oxygens (including phenoxy) is 2. The molecule has 2 saturated heterocycles. The van der Waals surface area contributed by atoms with E-state index < -0.39 is 0 Å². The number of aromatic nitrogens is 2. The first kappa shape index (κ1) is 18.7. The van der Waals surface area contributed by atoms with Crippen LogP contribution in [0.3, 0.4) is 0 Å². The lowest BCUT2D eigenvalue weighted by Gasteiger charge is -2.35. The summed E-state index contributed by atoms with van der Waals surface area (Å²) in [6.45, 7) is 3.33. The predicted octanol–water partition coefficient (Wildman–Crippen LogP) is -0.194. The van der Waals surface area contributed by atoms with Crippen LogP contribution in [-0.4, -0.2) is 79.1 Å². The van der Waals surface area contributed by atoms with E-state index in [1.165, 1.54) is 4.57 Å². The van der Waals surface area contributed by atoms with Gasteiger partial charge in [-0.05, 0) is 12.8 Å². The Morgan fingerprint density at radius 2 is 2.19 bits per heavy atom. The van der Waals surface area contributed by atoms with Gasteiger partial charge in [-0.3, -0.25) is 4.79 Å². The highest BCUT2D eigenvalue weighted by atomic mass is 16.5. The molecular weight excluding hydrogens is 338 g/mol. The van der Waals surface area contributed by atoms with Crippen LogP contribution in [-0.2, 0) is 16.5 Å². The maximum absolute atomic E-state index is 12.4. The number of likely N-dealkylation sites (N-methyl/N-ethyl adjacent to an activating group) is 1. The van der Waals surface area contributed by atoms with Crippen molar-refractivity contribution in [3.8, 4) is 0 Å². The fourth-order valence-corrected chi connectivity index (χ4v) is 3.27. The van der Waals surface area contributed by atoms with E-state index in [9.17, 15) is 9.59 Å². The highest BCUT2D eigenvalue weighted by Crippen LogP contribution is 2.12. The van der Waals surface area contributed by atoms with Crippen molar-refractivity contribution in [1.29, 1.82) is 0 Å². The first-order chi connectivity index (χ1) is 12.5. The van der Waals surface area contributed by atoms with Gasteiger partial charge in [0.2, 0.25) is 0 Å². The highest BCUT2D eigenvalue weighted by molar-refractivity contribution is 5.74. The van der Waals surface area contributed by atoms with Gasteiger partial charge in [-0.2, -0.15) is 0 Å². The van der Waals surface area contributed by atoms with Gasteiger partial charge < -0.3 is 29.2 Å². The molecule has 144 valence electrons. The largest absolute Gasteiger partial charge is 0.376 e. The third-order valence-electron chi connectivity index (χ3n) is 4.77. The third kappa shape index (κ3) is 4.53.